The smallest absolute Gasteiger partial charge is 0.153 e. The normalized spacial score (nSPS) is 12.0. The molecule has 0 spiro atoms. The molecule has 0 aromatic heterocycles. The number of benzene rings is 2. The fraction of sp³-hybridized carbons (Fsp3) is 0. The minimum absolute atomic E-state index is 0.674. The predicted octanol–water partition coefficient (Wildman–Crippen LogP) is 2.70. The number of rotatable bonds is 0. The van der Waals surface area contributed by atoms with E-state index in [1.165, 1.54) is 0 Å². The van der Waals surface area contributed by atoms with Gasteiger partial charge < -0.3 is 21.5 Å². The van der Waals surface area contributed by atoms with Crippen molar-refractivity contribution in [2.45, 2.75) is 0 Å². The third kappa shape index (κ3) is 1.32. The van der Waals surface area contributed by atoms with Gasteiger partial charge in [0.1, 0.15) is 0 Å². The van der Waals surface area contributed by atoms with Gasteiger partial charge in [-0.2, -0.15) is 0 Å². The third-order valence-corrected chi connectivity index (χ3v) is 2.50. The SMILES string of the molecule is Nc1ccc2c(c1)Oc1cc(N)ccc1N2. The quantitative estimate of drug-likeness (QED) is 0.502. The lowest BCUT2D eigenvalue weighted by Gasteiger charge is -2.22. The molecular weight excluding hydrogens is 202 g/mol. The summed E-state index contributed by atoms with van der Waals surface area (Å²) in [5, 5.41) is 3.26. The van der Waals surface area contributed by atoms with Crippen molar-refractivity contribution in [1.29, 1.82) is 0 Å². The molecule has 1 heterocycles. The van der Waals surface area contributed by atoms with Crippen molar-refractivity contribution >= 4 is 22.7 Å². The van der Waals surface area contributed by atoms with Crippen LogP contribution in [0.5, 0.6) is 11.5 Å². The lowest BCUT2D eigenvalue weighted by atomic mass is 10.2. The number of nitrogens with one attached hydrogen (secondary N) is 1. The van der Waals surface area contributed by atoms with Crippen LogP contribution in [0.3, 0.4) is 0 Å². The van der Waals surface area contributed by atoms with E-state index < -0.39 is 0 Å². The Morgan fingerprint density at radius 1 is 0.812 bits per heavy atom. The van der Waals surface area contributed by atoms with Crippen molar-refractivity contribution in [3.63, 3.8) is 0 Å². The number of hydrogen-bond donors (Lipinski definition) is 3. The molecule has 0 bridgehead atoms. The summed E-state index contributed by atoms with van der Waals surface area (Å²) in [6.07, 6.45) is 0. The second-order valence-electron chi connectivity index (χ2n) is 3.74. The van der Waals surface area contributed by atoms with Crippen molar-refractivity contribution in [3.8, 4) is 11.5 Å². The summed E-state index contributed by atoms with van der Waals surface area (Å²) in [5.74, 6) is 1.44. The highest BCUT2D eigenvalue weighted by atomic mass is 16.5. The van der Waals surface area contributed by atoms with Crippen LogP contribution in [0, 0.1) is 0 Å². The molecule has 0 amide bonds. The topological polar surface area (TPSA) is 73.3 Å². The first-order chi connectivity index (χ1) is 7.72. The van der Waals surface area contributed by atoms with Gasteiger partial charge in [-0.3, -0.25) is 0 Å². The van der Waals surface area contributed by atoms with Crippen LogP contribution in [-0.4, -0.2) is 0 Å². The first kappa shape index (κ1) is 8.91. The van der Waals surface area contributed by atoms with Crippen LogP contribution in [0.1, 0.15) is 0 Å². The zero-order valence-electron chi connectivity index (χ0n) is 8.53. The van der Waals surface area contributed by atoms with Gasteiger partial charge in [0.15, 0.2) is 11.5 Å². The summed E-state index contributed by atoms with van der Waals surface area (Å²) in [4.78, 5) is 0. The minimum Gasteiger partial charge on any atom is -0.453 e. The molecule has 3 rings (SSSR count). The molecule has 0 saturated carbocycles. The lowest BCUT2D eigenvalue weighted by molar-refractivity contribution is 0.482. The number of nitrogens with two attached hydrogens (primary N) is 2. The average Bonchev–Trinajstić information content (AvgIpc) is 2.26. The highest BCUT2D eigenvalue weighted by Gasteiger charge is 2.16. The standard InChI is InChI=1S/C12H11N3O/c13-7-1-3-9-11(5-7)16-12-6-8(14)2-4-10(12)15-9/h1-6,15H,13-14H2. The average molecular weight is 213 g/mol. The van der Waals surface area contributed by atoms with Crippen molar-refractivity contribution in [1.82, 2.24) is 0 Å². The van der Waals surface area contributed by atoms with Gasteiger partial charge in [-0.05, 0) is 24.3 Å². The fourth-order valence-corrected chi connectivity index (χ4v) is 1.72. The van der Waals surface area contributed by atoms with E-state index in [0.717, 1.165) is 22.9 Å². The first-order valence-corrected chi connectivity index (χ1v) is 4.96. The molecular formula is C12H11N3O. The Morgan fingerprint density at radius 3 is 1.81 bits per heavy atom. The maximum Gasteiger partial charge on any atom is 0.153 e. The number of fused-ring (bicyclic) bond motifs is 2. The van der Waals surface area contributed by atoms with Gasteiger partial charge in [-0.25, -0.2) is 0 Å². The predicted molar refractivity (Wildman–Crippen MR) is 65.1 cm³/mol. The molecule has 2 aromatic rings. The first-order valence-electron chi connectivity index (χ1n) is 4.96. The Bertz CT molecular complexity index is 517. The maximum atomic E-state index is 5.72. The molecule has 4 heteroatoms. The van der Waals surface area contributed by atoms with E-state index in [1.807, 2.05) is 24.3 Å². The highest BCUT2D eigenvalue weighted by Crippen LogP contribution is 2.43. The Labute approximate surface area is 92.8 Å². The fourth-order valence-electron chi connectivity index (χ4n) is 1.72. The van der Waals surface area contributed by atoms with Crippen LogP contribution < -0.4 is 21.5 Å². The minimum atomic E-state index is 0.674. The molecule has 0 fully saturated rings. The summed E-state index contributed by atoms with van der Waals surface area (Å²) in [7, 11) is 0. The van der Waals surface area contributed by atoms with Gasteiger partial charge in [0, 0.05) is 23.5 Å². The van der Waals surface area contributed by atoms with Gasteiger partial charge in [0.2, 0.25) is 0 Å². The van der Waals surface area contributed by atoms with Crippen LogP contribution in [0.2, 0.25) is 0 Å². The monoisotopic (exact) mass is 213 g/mol. The summed E-state index contributed by atoms with van der Waals surface area (Å²) in [6, 6.07) is 11.0. The van der Waals surface area contributed by atoms with Crippen LogP contribution in [-0.2, 0) is 0 Å². The van der Waals surface area contributed by atoms with E-state index >= 15 is 0 Å². The molecule has 80 valence electrons. The summed E-state index contributed by atoms with van der Waals surface area (Å²) in [6.45, 7) is 0. The van der Waals surface area contributed by atoms with Gasteiger partial charge in [-0.15, -0.1) is 0 Å². The maximum absolute atomic E-state index is 5.72. The number of ether oxygens (including phenoxy) is 1. The summed E-state index contributed by atoms with van der Waals surface area (Å²) in [5.41, 5.74) is 14.6. The number of anilines is 4. The van der Waals surface area contributed by atoms with Crippen molar-refractivity contribution in [2.24, 2.45) is 0 Å². The van der Waals surface area contributed by atoms with E-state index in [4.69, 9.17) is 16.2 Å². The summed E-state index contributed by atoms with van der Waals surface area (Å²) < 4.78 is 5.72. The molecule has 0 unspecified atom stereocenters. The lowest BCUT2D eigenvalue weighted by Crippen LogP contribution is -2.03. The Morgan fingerprint density at radius 2 is 1.31 bits per heavy atom. The summed E-state index contributed by atoms with van der Waals surface area (Å²) >= 11 is 0. The molecule has 0 aliphatic carbocycles. The second kappa shape index (κ2) is 3.06. The molecule has 5 N–H and O–H groups in total. The number of hydrogen-bond acceptors (Lipinski definition) is 4. The van der Waals surface area contributed by atoms with Crippen molar-refractivity contribution in [2.75, 3.05) is 16.8 Å². The molecule has 0 radical (unpaired) electrons. The van der Waals surface area contributed by atoms with E-state index in [9.17, 15) is 0 Å². The number of nitrogen functional groups attached to an aromatic ring is 2. The molecule has 1 aliphatic heterocycles. The Kier molecular flexibility index (Phi) is 1.71. The third-order valence-electron chi connectivity index (χ3n) is 2.50. The zero-order valence-corrected chi connectivity index (χ0v) is 8.53. The zero-order chi connectivity index (χ0) is 11.1. The van der Waals surface area contributed by atoms with Crippen LogP contribution >= 0.6 is 0 Å². The van der Waals surface area contributed by atoms with Gasteiger partial charge in [0.05, 0.1) is 11.4 Å². The van der Waals surface area contributed by atoms with E-state index in [2.05, 4.69) is 5.32 Å². The van der Waals surface area contributed by atoms with Crippen LogP contribution in [0.25, 0.3) is 0 Å². The van der Waals surface area contributed by atoms with E-state index in [-0.39, 0.29) is 0 Å². The Hall–Kier alpha value is -2.36. The van der Waals surface area contributed by atoms with Crippen molar-refractivity contribution < 1.29 is 4.74 Å². The van der Waals surface area contributed by atoms with Crippen molar-refractivity contribution in [3.05, 3.63) is 36.4 Å². The van der Waals surface area contributed by atoms with E-state index in [1.54, 1.807) is 12.1 Å². The largest absolute Gasteiger partial charge is 0.453 e. The van der Waals surface area contributed by atoms with Gasteiger partial charge >= 0.3 is 0 Å². The molecule has 4 nitrogen and oxygen atoms in total. The highest BCUT2D eigenvalue weighted by molar-refractivity contribution is 5.78. The van der Waals surface area contributed by atoms with Crippen LogP contribution in [0.15, 0.2) is 36.4 Å². The molecule has 1 aliphatic rings. The Balaban J connectivity index is 2.10. The van der Waals surface area contributed by atoms with Gasteiger partial charge in [0.25, 0.3) is 0 Å². The molecule has 0 saturated heterocycles. The molecule has 2 aromatic carbocycles. The second-order valence-corrected chi connectivity index (χ2v) is 3.74. The molecule has 16 heavy (non-hydrogen) atoms. The molecule has 0 atom stereocenters. The van der Waals surface area contributed by atoms with Crippen LogP contribution in [0.4, 0.5) is 22.7 Å². The van der Waals surface area contributed by atoms with E-state index in [0.29, 0.717) is 11.4 Å². The van der Waals surface area contributed by atoms with Gasteiger partial charge in [-0.1, -0.05) is 0 Å².